The summed E-state index contributed by atoms with van der Waals surface area (Å²) in [6.45, 7) is 0.718. The molecule has 0 aliphatic carbocycles. The van der Waals surface area contributed by atoms with Gasteiger partial charge in [-0.15, -0.1) is 0 Å². The molecule has 0 saturated heterocycles. The molecule has 1 N–H and O–H groups in total. The molecular weight excluding hydrogens is 316 g/mol. The van der Waals surface area contributed by atoms with E-state index in [9.17, 15) is 5.11 Å². The Morgan fingerprint density at radius 3 is 2.65 bits per heavy atom. The van der Waals surface area contributed by atoms with Gasteiger partial charge in [0, 0.05) is 16.2 Å². The lowest BCUT2D eigenvalue weighted by atomic mass is 10.1. The summed E-state index contributed by atoms with van der Waals surface area (Å²) in [6.07, 6.45) is 1.92. The number of phenols is 1. The predicted molar refractivity (Wildman–Crippen MR) is 82.6 cm³/mol. The Morgan fingerprint density at radius 2 is 1.85 bits per heavy atom. The lowest BCUT2D eigenvalue weighted by molar-refractivity contribution is 0.477. The number of aromatic nitrogens is 2. The highest BCUT2D eigenvalue weighted by Gasteiger charge is 2.08. The van der Waals surface area contributed by atoms with Gasteiger partial charge in [-0.1, -0.05) is 46.3 Å². The molecule has 0 radical (unpaired) electrons. The molecule has 0 amide bonds. The van der Waals surface area contributed by atoms with Crippen LogP contribution in [0, 0.1) is 0 Å². The van der Waals surface area contributed by atoms with Crippen LogP contribution in [0.2, 0.25) is 0 Å². The molecule has 0 bridgehead atoms. The van der Waals surface area contributed by atoms with Crippen molar-refractivity contribution in [3.63, 3.8) is 0 Å². The molecule has 20 heavy (non-hydrogen) atoms. The Balaban J connectivity index is 1.88. The molecule has 0 spiro atoms. The third kappa shape index (κ3) is 2.75. The zero-order valence-electron chi connectivity index (χ0n) is 10.7. The Bertz CT molecular complexity index is 722. The topological polar surface area (TPSA) is 38.0 Å². The number of hydrogen-bond donors (Lipinski definition) is 1. The van der Waals surface area contributed by atoms with Crippen molar-refractivity contribution >= 4 is 15.9 Å². The fourth-order valence-corrected chi connectivity index (χ4v) is 2.44. The second-order valence-corrected chi connectivity index (χ2v) is 5.46. The minimum atomic E-state index is 0.234. The molecule has 2 aromatic carbocycles. The Labute approximate surface area is 125 Å². The summed E-state index contributed by atoms with van der Waals surface area (Å²) < 4.78 is 2.79. The zero-order valence-corrected chi connectivity index (χ0v) is 12.3. The van der Waals surface area contributed by atoms with E-state index in [4.69, 9.17) is 0 Å². The molecule has 0 aliphatic rings. The van der Waals surface area contributed by atoms with Gasteiger partial charge in [0.15, 0.2) is 0 Å². The monoisotopic (exact) mass is 328 g/mol. The van der Waals surface area contributed by atoms with Crippen LogP contribution < -0.4 is 0 Å². The highest BCUT2D eigenvalue weighted by Crippen LogP contribution is 2.30. The van der Waals surface area contributed by atoms with Gasteiger partial charge in [-0.05, 0) is 29.8 Å². The van der Waals surface area contributed by atoms with Gasteiger partial charge in [-0.3, -0.25) is 4.68 Å². The standard InChI is InChI=1S/C16H13BrN2O/c17-13-6-7-16(20)14(10-13)15-8-9-19(18-15)11-12-4-2-1-3-5-12/h1-10,20H,11H2. The molecule has 0 atom stereocenters. The highest BCUT2D eigenvalue weighted by atomic mass is 79.9. The van der Waals surface area contributed by atoms with Crippen molar-refractivity contribution in [3.05, 3.63) is 70.8 Å². The van der Waals surface area contributed by atoms with E-state index >= 15 is 0 Å². The Kier molecular flexibility index (Phi) is 3.56. The molecule has 0 unspecified atom stereocenters. The Morgan fingerprint density at radius 1 is 1.05 bits per heavy atom. The van der Waals surface area contributed by atoms with E-state index in [0.717, 1.165) is 22.3 Å². The second-order valence-electron chi connectivity index (χ2n) is 4.55. The van der Waals surface area contributed by atoms with Crippen LogP contribution >= 0.6 is 15.9 Å². The second kappa shape index (κ2) is 5.51. The number of nitrogens with zero attached hydrogens (tertiary/aromatic N) is 2. The summed E-state index contributed by atoms with van der Waals surface area (Å²) in [5.74, 6) is 0.234. The maximum Gasteiger partial charge on any atom is 0.125 e. The van der Waals surface area contributed by atoms with Crippen molar-refractivity contribution < 1.29 is 5.11 Å². The van der Waals surface area contributed by atoms with E-state index in [1.165, 1.54) is 5.56 Å². The van der Waals surface area contributed by atoms with Gasteiger partial charge in [-0.25, -0.2) is 0 Å². The summed E-state index contributed by atoms with van der Waals surface area (Å²) in [6, 6.07) is 17.4. The third-order valence-corrected chi connectivity index (χ3v) is 3.56. The predicted octanol–water partition coefficient (Wildman–Crippen LogP) is 4.07. The van der Waals surface area contributed by atoms with Crippen molar-refractivity contribution in [2.45, 2.75) is 6.54 Å². The first-order chi connectivity index (χ1) is 9.72. The van der Waals surface area contributed by atoms with Crippen LogP contribution in [0.3, 0.4) is 0 Å². The van der Waals surface area contributed by atoms with Crippen LogP contribution in [-0.4, -0.2) is 14.9 Å². The van der Waals surface area contributed by atoms with E-state index in [1.54, 1.807) is 12.1 Å². The number of aromatic hydroxyl groups is 1. The maximum atomic E-state index is 9.92. The van der Waals surface area contributed by atoms with Crippen LogP contribution in [0.25, 0.3) is 11.3 Å². The lowest BCUT2D eigenvalue weighted by Crippen LogP contribution is -2.00. The molecule has 100 valence electrons. The van der Waals surface area contributed by atoms with Crippen molar-refractivity contribution in [1.82, 2.24) is 9.78 Å². The quantitative estimate of drug-likeness (QED) is 0.787. The largest absolute Gasteiger partial charge is 0.507 e. The lowest BCUT2D eigenvalue weighted by Gasteiger charge is -2.03. The molecule has 0 saturated carbocycles. The van der Waals surface area contributed by atoms with E-state index in [-0.39, 0.29) is 5.75 Å². The summed E-state index contributed by atoms with van der Waals surface area (Å²) in [4.78, 5) is 0. The first-order valence-corrected chi connectivity index (χ1v) is 7.08. The maximum absolute atomic E-state index is 9.92. The van der Waals surface area contributed by atoms with Gasteiger partial charge in [0.25, 0.3) is 0 Å². The van der Waals surface area contributed by atoms with E-state index in [0.29, 0.717) is 0 Å². The fraction of sp³-hybridized carbons (Fsp3) is 0.0625. The highest BCUT2D eigenvalue weighted by molar-refractivity contribution is 9.10. The zero-order chi connectivity index (χ0) is 13.9. The normalized spacial score (nSPS) is 10.7. The van der Waals surface area contributed by atoms with Crippen LogP contribution in [-0.2, 0) is 6.54 Å². The van der Waals surface area contributed by atoms with Gasteiger partial charge in [0.2, 0.25) is 0 Å². The SMILES string of the molecule is Oc1ccc(Br)cc1-c1ccn(Cc2ccccc2)n1. The average molecular weight is 329 g/mol. The third-order valence-electron chi connectivity index (χ3n) is 3.06. The molecule has 3 nitrogen and oxygen atoms in total. The van der Waals surface area contributed by atoms with E-state index in [1.807, 2.05) is 41.2 Å². The summed E-state index contributed by atoms with van der Waals surface area (Å²) >= 11 is 3.41. The smallest absolute Gasteiger partial charge is 0.125 e. The number of rotatable bonds is 3. The number of halogens is 1. The minimum Gasteiger partial charge on any atom is -0.507 e. The molecule has 1 aromatic heterocycles. The number of phenolic OH excluding ortho intramolecular Hbond substituents is 1. The first kappa shape index (κ1) is 12.9. The number of hydrogen-bond acceptors (Lipinski definition) is 2. The molecule has 4 heteroatoms. The summed E-state index contributed by atoms with van der Waals surface area (Å²) in [5, 5.41) is 14.4. The van der Waals surface area contributed by atoms with Crippen LogP contribution in [0.1, 0.15) is 5.56 Å². The van der Waals surface area contributed by atoms with E-state index < -0.39 is 0 Å². The minimum absolute atomic E-state index is 0.234. The average Bonchev–Trinajstić information content (AvgIpc) is 2.91. The fourth-order valence-electron chi connectivity index (χ4n) is 2.08. The van der Waals surface area contributed by atoms with Gasteiger partial charge in [-0.2, -0.15) is 5.10 Å². The van der Waals surface area contributed by atoms with Gasteiger partial charge in [0.05, 0.1) is 12.2 Å². The van der Waals surface area contributed by atoms with Crippen LogP contribution in [0.4, 0.5) is 0 Å². The van der Waals surface area contributed by atoms with Crippen molar-refractivity contribution in [1.29, 1.82) is 0 Å². The van der Waals surface area contributed by atoms with Crippen molar-refractivity contribution in [3.8, 4) is 17.0 Å². The van der Waals surface area contributed by atoms with Crippen LogP contribution in [0.15, 0.2) is 65.3 Å². The first-order valence-electron chi connectivity index (χ1n) is 6.28. The van der Waals surface area contributed by atoms with Gasteiger partial charge < -0.3 is 5.11 Å². The summed E-state index contributed by atoms with van der Waals surface area (Å²) in [5.41, 5.74) is 2.69. The molecule has 0 aliphatic heterocycles. The van der Waals surface area contributed by atoms with E-state index in [2.05, 4.69) is 33.2 Å². The van der Waals surface area contributed by atoms with Crippen LogP contribution in [0.5, 0.6) is 5.75 Å². The molecule has 1 heterocycles. The Hall–Kier alpha value is -2.07. The molecule has 0 fully saturated rings. The summed E-state index contributed by atoms with van der Waals surface area (Å²) in [7, 11) is 0. The van der Waals surface area contributed by atoms with Crippen molar-refractivity contribution in [2.75, 3.05) is 0 Å². The van der Waals surface area contributed by atoms with Gasteiger partial charge >= 0.3 is 0 Å². The number of benzene rings is 2. The molecule has 3 aromatic rings. The van der Waals surface area contributed by atoms with Gasteiger partial charge in [0.1, 0.15) is 5.75 Å². The van der Waals surface area contributed by atoms with Crippen molar-refractivity contribution in [2.24, 2.45) is 0 Å². The molecule has 3 rings (SSSR count). The molecular formula is C16H13BrN2O.